The number of fused-ring (bicyclic) bond motifs is 1. The van der Waals surface area contributed by atoms with Gasteiger partial charge in [-0.05, 0) is 35.9 Å². The minimum Gasteiger partial charge on any atom is -0.394 e. The van der Waals surface area contributed by atoms with Gasteiger partial charge in [0.2, 0.25) is 0 Å². The predicted octanol–water partition coefficient (Wildman–Crippen LogP) is 1.76. The maximum absolute atomic E-state index is 12.9. The monoisotopic (exact) mass is 498 g/mol. The zero-order chi connectivity index (χ0) is 24.6. The third-order valence-electron chi connectivity index (χ3n) is 5.51. The minimum absolute atomic E-state index is 0.103. The number of nitrogens with one attached hydrogen (secondary N) is 1. The number of alkyl halides is 3. The highest BCUT2D eigenvalue weighted by Gasteiger charge is 2.45. The second kappa shape index (κ2) is 9.56. The minimum atomic E-state index is -4.48. The van der Waals surface area contributed by atoms with Crippen LogP contribution < -0.4 is 5.32 Å². The van der Waals surface area contributed by atoms with E-state index in [9.17, 15) is 38.4 Å². The van der Waals surface area contributed by atoms with Gasteiger partial charge in [-0.1, -0.05) is 12.1 Å². The fraction of sp³-hybridized carbons (Fsp3) is 0.364. The Morgan fingerprint density at radius 3 is 2.56 bits per heavy atom. The van der Waals surface area contributed by atoms with Crippen LogP contribution in [0.25, 0.3) is 10.2 Å². The Hall–Kier alpha value is -2.61. The lowest BCUT2D eigenvalue weighted by Gasteiger charge is -2.39. The van der Waals surface area contributed by atoms with E-state index in [1.165, 1.54) is 24.3 Å². The maximum Gasteiger partial charge on any atom is 0.416 e. The molecule has 182 valence electrons. The molecule has 5 N–H and O–H groups in total. The molecule has 2 heterocycles. The highest BCUT2D eigenvalue weighted by molar-refractivity contribution is 7.18. The first-order chi connectivity index (χ1) is 16.1. The van der Waals surface area contributed by atoms with Gasteiger partial charge < -0.3 is 30.5 Å². The van der Waals surface area contributed by atoms with Crippen LogP contribution in [-0.2, 0) is 17.5 Å². The van der Waals surface area contributed by atoms with Crippen LogP contribution in [0.5, 0.6) is 0 Å². The largest absolute Gasteiger partial charge is 0.416 e. The van der Waals surface area contributed by atoms with Crippen molar-refractivity contribution in [2.24, 2.45) is 0 Å². The van der Waals surface area contributed by atoms with E-state index in [0.717, 1.165) is 23.5 Å². The van der Waals surface area contributed by atoms with Gasteiger partial charge in [-0.2, -0.15) is 13.2 Å². The number of nitrogens with zero attached hydrogens (tertiary/aromatic N) is 1. The average molecular weight is 498 g/mol. The first kappa shape index (κ1) is 24.5. The van der Waals surface area contributed by atoms with Crippen LogP contribution in [0.3, 0.4) is 0 Å². The number of hydrogen-bond acceptors (Lipinski definition) is 8. The Morgan fingerprint density at radius 1 is 1.09 bits per heavy atom. The van der Waals surface area contributed by atoms with Crippen molar-refractivity contribution in [1.29, 1.82) is 0 Å². The number of aromatic nitrogens is 1. The maximum atomic E-state index is 12.9. The van der Waals surface area contributed by atoms with Gasteiger partial charge in [0.15, 0.2) is 0 Å². The quantitative estimate of drug-likeness (QED) is 0.362. The average Bonchev–Trinajstić information content (AvgIpc) is 3.24. The summed E-state index contributed by atoms with van der Waals surface area (Å²) in [5.41, 5.74) is 0.125. The number of halogens is 3. The van der Waals surface area contributed by atoms with Gasteiger partial charge in [0.05, 0.1) is 22.4 Å². The van der Waals surface area contributed by atoms with Crippen LogP contribution in [0.4, 0.5) is 13.2 Å². The lowest BCUT2D eigenvalue weighted by Crippen LogP contribution is -2.55. The van der Waals surface area contributed by atoms with Crippen molar-refractivity contribution in [2.45, 2.75) is 43.2 Å². The second-order valence-electron chi connectivity index (χ2n) is 7.86. The first-order valence-electron chi connectivity index (χ1n) is 10.2. The number of carbonyl (C=O) groups is 1. The Kier molecular flexibility index (Phi) is 6.90. The molecule has 0 radical (unpaired) electrons. The fourth-order valence-electron chi connectivity index (χ4n) is 3.66. The number of carbonyl (C=O) groups excluding carboxylic acids is 1. The molecule has 0 saturated carbocycles. The summed E-state index contributed by atoms with van der Waals surface area (Å²) in [6.07, 6.45) is -11.2. The molecule has 1 amide bonds. The molecule has 5 atom stereocenters. The lowest BCUT2D eigenvalue weighted by atomic mass is 9.95. The number of amides is 1. The number of thiazole rings is 1. The summed E-state index contributed by atoms with van der Waals surface area (Å²) >= 11 is 1.15. The van der Waals surface area contributed by atoms with Gasteiger partial charge >= 0.3 is 6.18 Å². The molecule has 8 nitrogen and oxygen atoms in total. The number of aliphatic hydroxyl groups excluding tert-OH is 4. The molecule has 4 rings (SSSR count). The summed E-state index contributed by atoms with van der Waals surface area (Å²) in [6.45, 7) is -0.670. The molecule has 12 heteroatoms. The van der Waals surface area contributed by atoms with E-state index in [2.05, 4.69) is 10.3 Å². The molecule has 34 heavy (non-hydrogen) atoms. The van der Waals surface area contributed by atoms with Gasteiger partial charge in [0, 0.05) is 12.1 Å². The van der Waals surface area contributed by atoms with Crippen LogP contribution in [0.1, 0.15) is 32.6 Å². The second-order valence-corrected chi connectivity index (χ2v) is 8.93. The Morgan fingerprint density at radius 2 is 1.85 bits per heavy atom. The van der Waals surface area contributed by atoms with Crippen LogP contribution >= 0.6 is 11.3 Å². The number of aliphatic hydroxyl groups is 4. The number of rotatable bonds is 5. The summed E-state index contributed by atoms with van der Waals surface area (Å²) < 4.78 is 44.8. The summed E-state index contributed by atoms with van der Waals surface area (Å²) in [5.74, 6) is -0.512. The Labute approximate surface area is 195 Å². The zero-order valence-corrected chi connectivity index (χ0v) is 18.3. The topological polar surface area (TPSA) is 132 Å². The molecule has 1 fully saturated rings. The Balaban J connectivity index is 1.49. The molecule has 0 bridgehead atoms. The first-order valence-corrected chi connectivity index (χ1v) is 11.1. The van der Waals surface area contributed by atoms with Crippen LogP contribution in [0, 0.1) is 0 Å². The van der Waals surface area contributed by atoms with Crippen molar-refractivity contribution in [3.63, 3.8) is 0 Å². The van der Waals surface area contributed by atoms with Gasteiger partial charge in [-0.3, -0.25) is 4.79 Å². The molecule has 1 aromatic heterocycles. The molecular formula is C22H21F3N2O6S. The van der Waals surface area contributed by atoms with E-state index in [0.29, 0.717) is 15.8 Å². The van der Waals surface area contributed by atoms with E-state index < -0.39 is 54.8 Å². The van der Waals surface area contributed by atoms with E-state index >= 15 is 0 Å². The molecule has 1 saturated heterocycles. The Bertz CT molecular complexity index is 1180. The van der Waals surface area contributed by atoms with Gasteiger partial charge in [0.25, 0.3) is 5.91 Å². The zero-order valence-electron chi connectivity index (χ0n) is 17.4. The van der Waals surface area contributed by atoms with Gasteiger partial charge in [-0.15, -0.1) is 11.3 Å². The summed E-state index contributed by atoms with van der Waals surface area (Å²) in [7, 11) is 0. The van der Waals surface area contributed by atoms with Crippen molar-refractivity contribution in [3.8, 4) is 0 Å². The third-order valence-corrected chi connectivity index (χ3v) is 6.61. The highest BCUT2D eigenvalue weighted by atomic mass is 32.1. The number of ether oxygens (including phenoxy) is 1. The molecule has 0 aliphatic carbocycles. The summed E-state index contributed by atoms with van der Waals surface area (Å²) in [4.78, 5) is 16.9. The van der Waals surface area contributed by atoms with Crippen LogP contribution in [0.2, 0.25) is 0 Å². The number of benzene rings is 2. The van der Waals surface area contributed by atoms with E-state index in [4.69, 9.17) is 4.74 Å². The van der Waals surface area contributed by atoms with E-state index in [1.807, 2.05) is 0 Å². The van der Waals surface area contributed by atoms with Crippen molar-refractivity contribution < 1.29 is 43.1 Å². The van der Waals surface area contributed by atoms with Crippen LogP contribution in [-0.4, -0.2) is 62.3 Å². The molecular weight excluding hydrogens is 477 g/mol. The molecule has 1 aliphatic heterocycles. The normalized spacial score (nSPS) is 25.4. The SMILES string of the molecule is O=C(NCc1cccc(C(F)(F)F)c1)c1ccc2sc([C@@H]3O[C@H](CO)[C@H](O)[C@H](O)[C@H]3O)nc2c1. The summed E-state index contributed by atoms with van der Waals surface area (Å²) in [6, 6.07) is 9.31. The lowest BCUT2D eigenvalue weighted by molar-refractivity contribution is -0.231. The number of hydrogen-bond donors (Lipinski definition) is 5. The smallest absolute Gasteiger partial charge is 0.394 e. The molecule has 0 unspecified atom stereocenters. The van der Waals surface area contributed by atoms with Crippen molar-refractivity contribution in [3.05, 3.63) is 64.2 Å². The van der Waals surface area contributed by atoms with Gasteiger partial charge in [0.1, 0.15) is 35.5 Å². The van der Waals surface area contributed by atoms with Crippen molar-refractivity contribution in [2.75, 3.05) is 6.61 Å². The standard InChI is InChI=1S/C22H21F3N2O6S/c23-22(24,25)12-3-1-2-10(6-12)8-26-20(32)11-4-5-15-13(7-11)27-21(34-15)19-18(31)17(30)16(29)14(9-28)33-19/h1-7,14,16-19,28-31H,8-9H2,(H,26,32)/t14-,16+,17+,18-,19-/m1/s1. The molecule has 1 aliphatic rings. The van der Waals surface area contributed by atoms with Crippen LogP contribution in [0.15, 0.2) is 42.5 Å². The summed E-state index contributed by atoms with van der Waals surface area (Å²) in [5, 5.41) is 42.5. The highest BCUT2D eigenvalue weighted by Crippen LogP contribution is 2.36. The fourth-order valence-corrected chi connectivity index (χ4v) is 4.68. The molecule has 3 aromatic rings. The van der Waals surface area contributed by atoms with E-state index in [-0.39, 0.29) is 17.1 Å². The third kappa shape index (κ3) is 4.92. The van der Waals surface area contributed by atoms with Crippen molar-refractivity contribution in [1.82, 2.24) is 10.3 Å². The van der Waals surface area contributed by atoms with E-state index in [1.54, 1.807) is 6.07 Å². The van der Waals surface area contributed by atoms with Gasteiger partial charge in [-0.25, -0.2) is 4.98 Å². The molecule has 0 spiro atoms. The molecule has 2 aromatic carbocycles. The van der Waals surface area contributed by atoms with Crippen molar-refractivity contribution >= 4 is 27.5 Å². The predicted molar refractivity (Wildman–Crippen MR) is 115 cm³/mol.